The van der Waals surface area contributed by atoms with E-state index in [4.69, 9.17) is 16.3 Å². The third-order valence-electron chi connectivity index (χ3n) is 6.64. The van der Waals surface area contributed by atoms with Crippen LogP contribution in [0.4, 0.5) is 8.78 Å². The molecule has 0 saturated carbocycles. The molecule has 198 valence electrons. The zero-order valence-electron chi connectivity index (χ0n) is 20.7. The van der Waals surface area contributed by atoms with Crippen LogP contribution in [0.2, 0.25) is 5.02 Å². The fourth-order valence-electron chi connectivity index (χ4n) is 4.80. The molecule has 1 fully saturated rings. The molecule has 2 aromatic carbocycles. The number of hydrogen-bond donors (Lipinski definition) is 0. The van der Waals surface area contributed by atoms with Crippen molar-refractivity contribution in [3.8, 4) is 11.5 Å². The first kappa shape index (κ1) is 28.3. The minimum atomic E-state index is -3.74. The third kappa shape index (κ3) is 6.75. The molecule has 0 bridgehead atoms. The first-order valence-corrected chi connectivity index (χ1v) is 14.2. The Morgan fingerprint density at radius 3 is 2.47 bits per heavy atom. The van der Waals surface area contributed by atoms with Crippen molar-refractivity contribution in [3.05, 3.63) is 52.5 Å². The lowest BCUT2D eigenvalue weighted by atomic mass is 9.67. The molecule has 1 aliphatic rings. The molecule has 36 heavy (non-hydrogen) atoms. The number of nitrogens with zero attached hydrogens (tertiary/aromatic N) is 1. The number of carbonyl (C=O) groups excluding carboxylic acids is 1. The number of hydrogen-bond acceptors (Lipinski definition) is 6. The molecule has 0 N–H and O–H groups in total. The maximum absolute atomic E-state index is 13.3. The van der Waals surface area contributed by atoms with Crippen LogP contribution in [0.15, 0.2) is 41.3 Å². The molecule has 0 spiro atoms. The molecule has 6 nitrogen and oxygen atoms in total. The van der Waals surface area contributed by atoms with Crippen LogP contribution in [0.1, 0.15) is 43.7 Å². The number of carbonyl (C=O) groups is 1. The summed E-state index contributed by atoms with van der Waals surface area (Å²) in [6.45, 7) is 3.06. The van der Waals surface area contributed by atoms with Crippen molar-refractivity contribution in [1.29, 1.82) is 0 Å². The number of likely N-dealkylation sites (tertiary alicyclic amines) is 1. The summed E-state index contributed by atoms with van der Waals surface area (Å²) in [6, 6.07) is 9.49. The van der Waals surface area contributed by atoms with Crippen molar-refractivity contribution in [1.82, 2.24) is 4.90 Å². The Labute approximate surface area is 216 Å². The molecule has 0 atom stereocenters. The van der Waals surface area contributed by atoms with E-state index in [-0.39, 0.29) is 23.0 Å². The topological polar surface area (TPSA) is 72.9 Å². The van der Waals surface area contributed by atoms with E-state index in [1.807, 2.05) is 32.0 Å². The van der Waals surface area contributed by atoms with Gasteiger partial charge in [0.05, 0.1) is 5.41 Å². The highest BCUT2D eigenvalue weighted by atomic mass is 35.5. The molecule has 10 heteroatoms. The van der Waals surface area contributed by atoms with Gasteiger partial charge in [0.1, 0.15) is 28.8 Å². The Kier molecular flexibility index (Phi) is 9.35. The quantitative estimate of drug-likeness (QED) is 0.376. The van der Waals surface area contributed by atoms with Crippen LogP contribution in [0, 0.1) is 6.92 Å². The first-order valence-electron chi connectivity index (χ1n) is 11.9. The molecule has 1 heterocycles. The monoisotopic (exact) mass is 543 g/mol. The largest absolute Gasteiger partial charge is 0.492 e. The molecule has 2 aromatic rings. The van der Waals surface area contributed by atoms with Crippen LogP contribution in [-0.2, 0) is 20.0 Å². The number of ether oxygens (including phenoxy) is 2. The minimum absolute atomic E-state index is 0.233. The normalized spacial score (nSPS) is 16.2. The summed E-state index contributed by atoms with van der Waals surface area (Å²) in [5, 5.41) is 0.618. The van der Waals surface area contributed by atoms with E-state index in [1.165, 1.54) is 12.1 Å². The molecular weight excluding hydrogens is 512 g/mol. The standard InChI is InChI=1S/C26H32ClF2NO5S/c1-4-5-24(31)26(21-16-19(27)7-6-18(21)2)10-12-30(13-11-26)14-15-34-20-8-9-23(36(3,32)33)22(17-20)35-25(28)29/h6-9,16-17,25H,4-5,10-15H2,1-3H3. The van der Waals surface area contributed by atoms with E-state index < -0.39 is 27.6 Å². The second-order valence-corrected chi connectivity index (χ2v) is 11.6. The molecule has 0 aromatic heterocycles. The van der Waals surface area contributed by atoms with Crippen LogP contribution >= 0.6 is 11.6 Å². The van der Waals surface area contributed by atoms with Gasteiger partial charge in [0.2, 0.25) is 0 Å². The summed E-state index contributed by atoms with van der Waals surface area (Å²) in [6.07, 6.45) is 3.56. The van der Waals surface area contributed by atoms with E-state index in [0.717, 1.165) is 29.9 Å². The van der Waals surface area contributed by atoms with Gasteiger partial charge < -0.3 is 9.47 Å². The van der Waals surface area contributed by atoms with Crippen LogP contribution in [-0.4, -0.2) is 58.2 Å². The van der Waals surface area contributed by atoms with E-state index in [1.54, 1.807) is 0 Å². The van der Waals surface area contributed by atoms with E-state index in [2.05, 4.69) is 9.64 Å². The lowest BCUT2D eigenvalue weighted by Gasteiger charge is -2.42. The molecule has 1 aliphatic heterocycles. The summed E-state index contributed by atoms with van der Waals surface area (Å²) in [7, 11) is -3.74. The van der Waals surface area contributed by atoms with Gasteiger partial charge in [-0.3, -0.25) is 9.69 Å². The Hall–Kier alpha value is -2.23. The van der Waals surface area contributed by atoms with Gasteiger partial charge in [0.15, 0.2) is 9.84 Å². The van der Waals surface area contributed by atoms with Crippen molar-refractivity contribution < 1.29 is 31.5 Å². The van der Waals surface area contributed by atoms with Gasteiger partial charge >= 0.3 is 6.61 Å². The van der Waals surface area contributed by atoms with E-state index >= 15 is 0 Å². The predicted molar refractivity (Wildman–Crippen MR) is 135 cm³/mol. The average Bonchev–Trinajstić information content (AvgIpc) is 2.80. The fraction of sp³-hybridized carbons (Fsp3) is 0.500. The van der Waals surface area contributed by atoms with Crippen LogP contribution in [0.25, 0.3) is 0 Å². The molecule has 0 radical (unpaired) electrons. The van der Waals surface area contributed by atoms with E-state index in [9.17, 15) is 22.0 Å². The first-order chi connectivity index (χ1) is 17.0. The highest BCUT2D eigenvalue weighted by molar-refractivity contribution is 7.90. The van der Waals surface area contributed by atoms with E-state index in [0.29, 0.717) is 43.9 Å². The number of sulfone groups is 1. The highest BCUT2D eigenvalue weighted by Crippen LogP contribution is 2.40. The number of piperidine rings is 1. The van der Waals surface area contributed by atoms with Gasteiger partial charge in [-0.05, 0) is 74.7 Å². The molecule has 0 amide bonds. The molecule has 3 rings (SSSR count). The highest BCUT2D eigenvalue weighted by Gasteiger charge is 2.42. The number of rotatable bonds is 11. The van der Waals surface area contributed by atoms with Crippen LogP contribution in [0.3, 0.4) is 0 Å². The summed E-state index contributed by atoms with van der Waals surface area (Å²) in [5.41, 5.74) is 1.49. The SMILES string of the molecule is CCCC(=O)C1(c2cc(Cl)ccc2C)CCN(CCOc2ccc(S(C)(=O)=O)c(OC(F)F)c2)CC1. The minimum Gasteiger partial charge on any atom is -0.492 e. The van der Waals surface area contributed by atoms with Crippen molar-refractivity contribution in [3.63, 3.8) is 0 Å². The second kappa shape index (κ2) is 11.9. The Bertz CT molecular complexity index is 1180. The second-order valence-electron chi connectivity index (χ2n) is 9.16. The molecule has 1 saturated heterocycles. The van der Waals surface area contributed by atoms with Crippen molar-refractivity contribution in [2.45, 2.75) is 56.5 Å². The molecular formula is C26H32ClF2NO5S. The van der Waals surface area contributed by atoms with Gasteiger partial charge in [0, 0.05) is 30.3 Å². The number of halogens is 3. The maximum atomic E-state index is 13.3. The summed E-state index contributed by atoms with van der Waals surface area (Å²) < 4.78 is 59.3. The Morgan fingerprint density at radius 1 is 1.17 bits per heavy atom. The van der Waals surface area contributed by atoms with Gasteiger partial charge in [-0.2, -0.15) is 8.78 Å². The zero-order valence-corrected chi connectivity index (χ0v) is 22.3. The van der Waals surface area contributed by atoms with Gasteiger partial charge in [-0.15, -0.1) is 0 Å². The fourth-order valence-corrected chi connectivity index (χ4v) is 5.76. The number of Topliss-reactive ketones (excluding diaryl/α,β-unsaturated/α-hetero) is 1. The third-order valence-corrected chi connectivity index (χ3v) is 8.01. The van der Waals surface area contributed by atoms with Gasteiger partial charge in [-0.25, -0.2) is 8.42 Å². The maximum Gasteiger partial charge on any atom is 0.387 e. The summed E-state index contributed by atoms with van der Waals surface area (Å²) >= 11 is 6.29. The van der Waals surface area contributed by atoms with Crippen molar-refractivity contribution in [2.24, 2.45) is 0 Å². The van der Waals surface area contributed by atoms with Crippen LogP contribution in [0.5, 0.6) is 11.5 Å². The lowest BCUT2D eigenvalue weighted by Crippen LogP contribution is -2.48. The predicted octanol–water partition coefficient (Wildman–Crippen LogP) is 5.44. The molecule has 0 unspecified atom stereocenters. The van der Waals surface area contributed by atoms with Crippen molar-refractivity contribution in [2.75, 3.05) is 32.5 Å². The Morgan fingerprint density at radius 2 is 1.86 bits per heavy atom. The average molecular weight is 544 g/mol. The lowest BCUT2D eigenvalue weighted by molar-refractivity contribution is -0.126. The van der Waals surface area contributed by atoms with Crippen molar-refractivity contribution >= 4 is 27.2 Å². The summed E-state index contributed by atoms with van der Waals surface area (Å²) in [4.78, 5) is 15.2. The van der Waals surface area contributed by atoms with Crippen LogP contribution < -0.4 is 9.47 Å². The number of alkyl halides is 2. The van der Waals surface area contributed by atoms with Gasteiger partial charge in [-0.1, -0.05) is 24.6 Å². The number of ketones is 1. The Balaban J connectivity index is 1.66. The summed E-state index contributed by atoms with van der Waals surface area (Å²) in [5.74, 6) is 0.0277. The molecule has 0 aliphatic carbocycles. The zero-order chi connectivity index (χ0) is 26.5. The number of benzene rings is 2. The van der Waals surface area contributed by atoms with Gasteiger partial charge in [0.25, 0.3) is 0 Å². The smallest absolute Gasteiger partial charge is 0.387 e. The number of aryl methyl sites for hydroxylation is 1.